The molecule has 0 saturated carbocycles. The molecule has 1 unspecified atom stereocenters. The van der Waals surface area contributed by atoms with Crippen molar-refractivity contribution < 1.29 is 4.39 Å². The Bertz CT molecular complexity index is 358. The average Bonchev–Trinajstić information content (AvgIpc) is 2.39. The van der Waals surface area contributed by atoms with Gasteiger partial charge in [-0.2, -0.15) is 0 Å². The van der Waals surface area contributed by atoms with E-state index >= 15 is 0 Å². The first-order valence-electron chi connectivity index (χ1n) is 7.89. The highest BCUT2D eigenvalue weighted by Crippen LogP contribution is 2.36. The van der Waals surface area contributed by atoms with Crippen molar-refractivity contribution >= 4 is 0 Å². The summed E-state index contributed by atoms with van der Waals surface area (Å²) in [5, 5.41) is 0. The number of rotatable bonds is 9. The normalized spacial score (nSPS) is 14.3. The van der Waals surface area contributed by atoms with Gasteiger partial charge in [-0.05, 0) is 29.9 Å². The van der Waals surface area contributed by atoms with Crippen LogP contribution in [0.5, 0.6) is 0 Å². The molecule has 1 heteroatoms. The predicted octanol–water partition coefficient (Wildman–Crippen LogP) is 6.24. The molecule has 0 aromatic heterocycles. The molecule has 0 fully saturated rings. The van der Waals surface area contributed by atoms with Crippen molar-refractivity contribution in [2.45, 2.75) is 77.6 Å². The zero-order valence-corrected chi connectivity index (χ0v) is 12.8. The van der Waals surface area contributed by atoms with Crippen molar-refractivity contribution in [3.63, 3.8) is 0 Å². The van der Waals surface area contributed by atoms with Crippen LogP contribution in [0.3, 0.4) is 0 Å². The minimum absolute atomic E-state index is 0.00626. The molecule has 0 aliphatic rings. The first kappa shape index (κ1) is 16.2. The van der Waals surface area contributed by atoms with Gasteiger partial charge in [0.25, 0.3) is 0 Å². The van der Waals surface area contributed by atoms with Crippen LogP contribution in [0.4, 0.5) is 4.39 Å². The van der Waals surface area contributed by atoms with E-state index in [0.29, 0.717) is 0 Å². The van der Waals surface area contributed by atoms with Gasteiger partial charge in [0.15, 0.2) is 0 Å². The number of halogens is 1. The Hall–Kier alpha value is -0.850. The third-order valence-corrected chi connectivity index (χ3v) is 4.16. The monoisotopic (exact) mass is 264 g/mol. The molecule has 0 radical (unpaired) electrons. The van der Waals surface area contributed by atoms with Gasteiger partial charge in [-0.15, -0.1) is 0 Å². The van der Waals surface area contributed by atoms with E-state index in [4.69, 9.17) is 0 Å². The van der Waals surface area contributed by atoms with Gasteiger partial charge in [0.1, 0.15) is 5.82 Å². The van der Waals surface area contributed by atoms with E-state index in [9.17, 15) is 4.39 Å². The van der Waals surface area contributed by atoms with Gasteiger partial charge in [0.2, 0.25) is 0 Å². The van der Waals surface area contributed by atoms with Crippen molar-refractivity contribution in [2.75, 3.05) is 0 Å². The number of benzene rings is 1. The molecule has 1 aromatic rings. The molecule has 1 aromatic carbocycles. The molecular weight excluding hydrogens is 235 g/mol. The zero-order chi connectivity index (χ0) is 14.1. The summed E-state index contributed by atoms with van der Waals surface area (Å²) < 4.78 is 14.0. The summed E-state index contributed by atoms with van der Waals surface area (Å²) in [7, 11) is 0. The fraction of sp³-hybridized carbons (Fsp3) is 0.667. The highest BCUT2D eigenvalue weighted by molar-refractivity contribution is 5.26. The summed E-state index contributed by atoms with van der Waals surface area (Å²) >= 11 is 0. The van der Waals surface area contributed by atoms with Crippen molar-refractivity contribution in [1.82, 2.24) is 0 Å². The van der Waals surface area contributed by atoms with E-state index in [1.807, 2.05) is 12.1 Å². The van der Waals surface area contributed by atoms with Crippen LogP contribution in [0.2, 0.25) is 0 Å². The van der Waals surface area contributed by atoms with E-state index in [-0.39, 0.29) is 11.2 Å². The summed E-state index contributed by atoms with van der Waals surface area (Å²) in [4.78, 5) is 0. The standard InChI is InChI=1S/C18H29F/c1-4-6-7-8-11-15-18(3,14-5-2)16-12-9-10-13-17(16)19/h9-10,12-13H,4-8,11,14-15H2,1-3H3. The van der Waals surface area contributed by atoms with Crippen LogP contribution in [0.25, 0.3) is 0 Å². The lowest BCUT2D eigenvalue weighted by molar-refractivity contribution is 0.361. The van der Waals surface area contributed by atoms with Crippen molar-refractivity contribution in [3.8, 4) is 0 Å². The third kappa shape index (κ3) is 4.97. The van der Waals surface area contributed by atoms with Gasteiger partial charge in [-0.25, -0.2) is 4.39 Å². The molecule has 0 saturated heterocycles. The smallest absolute Gasteiger partial charge is 0.126 e. The predicted molar refractivity (Wildman–Crippen MR) is 82.0 cm³/mol. The molecule has 0 amide bonds. The number of hydrogen-bond donors (Lipinski definition) is 0. The molecule has 0 bridgehead atoms. The maximum Gasteiger partial charge on any atom is 0.126 e. The Labute approximate surface area is 118 Å². The summed E-state index contributed by atoms with van der Waals surface area (Å²) in [5.41, 5.74) is 0.916. The second-order valence-electron chi connectivity index (χ2n) is 5.95. The van der Waals surface area contributed by atoms with E-state index < -0.39 is 0 Å². The fourth-order valence-corrected chi connectivity index (χ4v) is 3.02. The topological polar surface area (TPSA) is 0 Å². The molecule has 1 rings (SSSR count). The molecule has 0 aliphatic heterocycles. The Morgan fingerprint density at radius 3 is 2.21 bits per heavy atom. The second kappa shape index (κ2) is 8.35. The SMILES string of the molecule is CCCCCCCC(C)(CCC)c1ccccc1F. The number of unbranched alkanes of at least 4 members (excludes halogenated alkanes) is 4. The van der Waals surface area contributed by atoms with Crippen LogP contribution in [-0.2, 0) is 5.41 Å². The van der Waals surface area contributed by atoms with Crippen LogP contribution in [0, 0.1) is 5.82 Å². The molecule has 19 heavy (non-hydrogen) atoms. The van der Waals surface area contributed by atoms with Gasteiger partial charge >= 0.3 is 0 Å². The van der Waals surface area contributed by atoms with E-state index in [1.54, 1.807) is 12.1 Å². The zero-order valence-electron chi connectivity index (χ0n) is 12.8. The molecule has 108 valence electrons. The van der Waals surface area contributed by atoms with Gasteiger partial charge in [-0.1, -0.05) is 77.5 Å². The van der Waals surface area contributed by atoms with Gasteiger partial charge in [0, 0.05) is 0 Å². The molecule has 0 N–H and O–H groups in total. The van der Waals surface area contributed by atoms with Crippen LogP contribution in [0.15, 0.2) is 24.3 Å². The van der Waals surface area contributed by atoms with E-state index in [0.717, 1.165) is 24.8 Å². The Balaban J connectivity index is 2.66. The van der Waals surface area contributed by atoms with Crippen LogP contribution < -0.4 is 0 Å². The Morgan fingerprint density at radius 1 is 0.895 bits per heavy atom. The lowest BCUT2D eigenvalue weighted by atomic mass is 9.74. The maximum absolute atomic E-state index is 14.0. The van der Waals surface area contributed by atoms with Gasteiger partial charge < -0.3 is 0 Å². The third-order valence-electron chi connectivity index (χ3n) is 4.16. The van der Waals surface area contributed by atoms with E-state index in [1.165, 1.54) is 32.1 Å². The largest absolute Gasteiger partial charge is 0.207 e. The molecule has 0 heterocycles. The first-order valence-corrected chi connectivity index (χ1v) is 7.89. The summed E-state index contributed by atoms with van der Waals surface area (Å²) in [6, 6.07) is 7.31. The fourth-order valence-electron chi connectivity index (χ4n) is 3.02. The molecule has 0 aliphatic carbocycles. The molecule has 1 atom stereocenters. The highest BCUT2D eigenvalue weighted by atomic mass is 19.1. The van der Waals surface area contributed by atoms with Gasteiger partial charge in [-0.3, -0.25) is 0 Å². The maximum atomic E-state index is 14.0. The number of hydrogen-bond acceptors (Lipinski definition) is 0. The highest BCUT2D eigenvalue weighted by Gasteiger charge is 2.27. The molecular formula is C18H29F. The quantitative estimate of drug-likeness (QED) is 0.463. The lowest BCUT2D eigenvalue weighted by Crippen LogP contribution is -2.23. The second-order valence-corrected chi connectivity index (χ2v) is 5.95. The summed E-state index contributed by atoms with van der Waals surface area (Å²) in [6.07, 6.45) is 9.69. The van der Waals surface area contributed by atoms with Crippen LogP contribution in [0.1, 0.15) is 77.7 Å². The summed E-state index contributed by atoms with van der Waals surface area (Å²) in [5.74, 6) is -0.0352. The van der Waals surface area contributed by atoms with Crippen LogP contribution >= 0.6 is 0 Å². The van der Waals surface area contributed by atoms with Gasteiger partial charge in [0.05, 0.1) is 0 Å². The molecule has 0 nitrogen and oxygen atoms in total. The van der Waals surface area contributed by atoms with Crippen molar-refractivity contribution in [2.24, 2.45) is 0 Å². The Morgan fingerprint density at radius 2 is 1.58 bits per heavy atom. The lowest BCUT2D eigenvalue weighted by Gasteiger charge is -2.30. The minimum atomic E-state index is -0.0352. The van der Waals surface area contributed by atoms with Crippen molar-refractivity contribution in [3.05, 3.63) is 35.6 Å². The molecule has 0 spiro atoms. The van der Waals surface area contributed by atoms with Crippen molar-refractivity contribution in [1.29, 1.82) is 0 Å². The summed E-state index contributed by atoms with van der Waals surface area (Å²) in [6.45, 7) is 6.66. The first-order chi connectivity index (χ1) is 9.14. The minimum Gasteiger partial charge on any atom is -0.207 e. The van der Waals surface area contributed by atoms with E-state index in [2.05, 4.69) is 20.8 Å². The Kier molecular flexibility index (Phi) is 7.12. The average molecular weight is 264 g/mol. The van der Waals surface area contributed by atoms with Crippen LogP contribution in [-0.4, -0.2) is 0 Å².